The van der Waals surface area contributed by atoms with Crippen molar-refractivity contribution >= 4 is 18.4 Å². The van der Waals surface area contributed by atoms with Crippen LogP contribution in [0.3, 0.4) is 0 Å². The lowest BCUT2D eigenvalue weighted by Gasteiger charge is -2.42. The highest BCUT2D eigenvalue weighted by molar-refractivity contribution is 7.07. The van der Waals surface area contributed by atoms with E-state index in [-0.39, 0.29) is 5.04 Å². The van der Waals surface area contributed by atoms with Crippen LogP contribution in [-0.4, -0.2) is 8.07 Å². The summed E-state index contributed by atoms with van der Waals surface area (Å²) in [6.07, 6.45) is 3.45. The summed E-state index contributed by atoms with van der Waals surface area (Å²) in [5.41, 5.74) is 2.54. The topological polar surface area (TPSA) is 0 Å². The van der Waals surface area contributed by atoms with Crippen molar-refractivity contribution in [3.05, 3.63) is 72.4 Å². The van der Waals surface area contributed by atoms with Gasteiger partial charge in [0, 0.05) is 0 Å². The Kier molecular flexibility index (Phi) is 4.84. The maximum atomic E-state index is 2.54. The maximum Gasteiger partial charge on any atom is 0.146 e. The van der Waals surface area contributed by atoms with E-state index in [1.54, 1.807) is 0 Å². The molecule has 0 radical (unpaired) electrons. The minimum Gasteiger partial charge on any atom is -0.0920 e. The summed E-state index contributed by atoms with van der Waals surface area (Å²) in [6, 6.07) is 22.2. The molecule has 2 rings (SSSR count). The Bertz CT molecular complexity index is 537. The fourth-order valence-corrected chi connectivity index (χ4v) is 8.15. The molecule has 0 bridgehead atoms. The summed E-state index contributed by atoms with van der Waals surface area (Å²) in [7, 11) is -1.95. The van der Waals surface area contributed by atoms with Gasteiger partial charge in [-0.15, -0.1) is 0 Å². The molecule has 0 atom stereocenters. The normalized spacial score (nSPS) is 12.8. The molecule has 0 spiro atoms. The third kappa shape index (κ3) is 3.03. The van der Waals surface area contributed by atoms with E-state index in [2.05, 4.69) is 100 Å². The summed E-state index contributed by atoms with van der Waals surface area (Å²) in [5.74, 6) is 0. The minimum absolute atomic E-state index is 0.224. The lowest BCUT2D eigenvalue weighted by Crippen LogP contribution is -2.63. The monoisotopic (exact) mass is 294 g/mol. The van der Waals surface area contributed by atoms with Crippen molar-refractivity contribution in [2.45, 2.75) is 39.2 Å². The molecule has 21 heavy (non-hydrogen) atoms. The predicted octanol–water partition coefficient (Wildman–Crippen LogP) is 4.56. The van der Waals surface area contributed by atoms with Gasteiger partial charge in [-0.3, -0.25) is 0 Å². The van der Waals surface area contributed by atoms with Crippen molar-refractivity contribution in [3.8, 4) is 0 Å². The molecule has 1 heteroatoms. The highest BCUT2D eigenvalue weighted by Gasteiger charge is 2.45. The van der Waals surface area contributed by atoms with E-state index in [0.29, 0.717) is 0 Å². The number of allylic oxidation sites excluding steroid dienone is 1. The minimum atomic E-state index is -1.95. The Morgan fingerprint density at radius 2 is 1.24 bits per heavy atom. The number of rotatable bonds is 4. The van der Waals surface area contributed by atoms with Crippen molar-refractivity contribution in [1.82, 2.24) is 0 Å². The first kappa shape index (κ1) is 15.8. The largest absolute Gasteiger partial charge is 0.146 e. The van der Waals surface area contributed by atoms with Crippen LogP contribution in [0.15, 0.2) is 72.4 Å². The Morgan fingerprint density at radius 1 is 0.810 bits per heavy atom. The molecule has 0 aliphatic heterocycles. The van der Waals surface area contributed by atoms with Gasteiger partial charge in [0.15, 0.2) is 0 Å². The van der Waals surface area contributed by atoms with Gasteiger partial charge in [-0.1, -0.05) is 100 Å². The SMILES string of the molecule is CC/C=C/[Si](c1ccccc1)(c1ccccc1)C(C)(C)C. The first-order chi connectivity index (χ1) is 10.0. The van der Waals surface area contributed by atoms with Crippen LogP contribution in [0.5, 0.6) is 0 Å². The molecule has 0 N–H and O–H groups in total. The molecule has 110 valence electrons. The summed E-state index contributed by atoms with van der Waals surface area (Å²) in [6.45, 7) is 9.38. The van der Waals surface area contributed by atoms with Gasteiger partial charge >= 0.3 is 0 Å². The first-order valence-electron chi connectivity index (χ1n) is 7.81. The smallest absolute Gasteiger partial charge is 0.0920 e. The number of benzene rings is 2. The second-order valence-electron chi connectivity index (χ2n) is 6.60. The molecular weight excluding hydrogens is 268 g/mol. The highest BCUT2D eigenvalue weighted by atomic mass is 28.3. The van der Waals surface area contributed by atoms with E-state index in [9.17, 15) is 0 Å². The van der Waals surface area contributed by atoms with Gasteiger partial charge in [0.05, 0.1) is 0 Å². The molecule has 0 aromatic heterocycles. The zero-order chi connectivity index (χ0) is 15.3. The summed E-state index contributed by atoms with van der Waals surface area (Å²) >= 11 is 0. The molecule has 0 heterocycles. The zero-order valence-corrected chi connectivity index (χ0v) is 14.6. The summed E-state index contributed by atoms with van der Waals surface area (Å²) in [5, 5.41) is 3.21. The average Bonchev–Trinajstić information content (AvgIpc) is 2.49. The van der Waals surface area contributed by atoms with E-state index in [1.165, 1.54) is 10.4 Å². The Balaban J connectivity index is 2.75. The van der Waals surface area contributed by atoms with E-state index in [0.717, 1.165) is 6.42 Å². The summed E-state index contributed by atoms with van der Waals surface area (Å²) in [4.78, 5) is 0. The summed E-state index contributed by atoms with van der Waals surface area (Å²) < 4.78 is 0. The maximum absolute atomic E-state index is 2.54. The fourth-order valence-electron chi connectivity index (χ4n) is 3.17. The van der Waals surface area contributed by atoms with Crippen LogP contribution < -0.4 is 10.4 Å². The van der Waals surface area contributed by atoms with Gasteiger partial charge in [-0.25, -0.2) is 0 Å². The molecule has 0 amide bonds. The molecule has 2 aromatic rings. The van der Waals surface area contributed by atoms with Gasteiger partial charge in [0.25, 0.3) is 0 Å². The molecule has 0 aliphatic carbocycles. The van der Waals surface area contributed by atoms with E-state index in [4.69, 9.17) is 0 Å². The van der Waals surface area contributed by atoms with Crippen LogP contribution in [0.4, 0.5) is 0 Å². The third-order valence-corrected chi connectivity index (χ3v) is 9.83. The molecule has 0 saturated heterocycles. The lowest BCUT2D eigenvalue weighted by atomic mass is 10.2. The third-order valence-electron chi connectivity index (χ3n) is 4.24. The van der Waals surface area contributed by atoms with Gasteiger partial charge in [0.2, 0.25) is 0 Å². The van der Waals surface area contributed by atoms with Crippen LogP contribution in [0.2, 0.25) is 5.04 Å². The molecule has 0 saturated carbocycles. The van der Waals surface area contributed by atoms with Gasteiger partial charge in [0.1, 0.15) is 8.07 Å². The molecule has 2 aromatic carbocycles. The molecule has 0 unspecified atom stereocenters. The van der Waals surface area contributed by atoms with E-state index >= 15 is 0 Å². The molecule has 0 aliphatic rings. The first-order valence-corrected chi connectivity index (χ1v) is 9.89. The van der Waals surface area contributed by atoms with Crippen LogP contribution in [-0.2, 0) is 0 Å². The number of hydrogen-bond acceptors (Lipinski definition) is 0. The number of hydrogen-bond donors (Lipinski definition) is 0. The van der Waals surface area contributed by atoms with Gasteiger partial charge in [-0.05, 0) is 21.8 Å². The standard InChI is InChI=1S/C20H26Si/c1-5-6-17-21(20(2,3)4,18-13-9-7-10-14-18)19-15-11-8-12-16-19/h6-17H,5H2,1-4H3/b17-6+. The second kappa shape index (κ2) is 6.44. The molecule has 0 fully saturated rings. The van der Waals surface area contributed by atoms with E-state index < -0.39 is 8.07 Å². The van der Waals surface area contributed by atoms with Crippen LogP contribution in [0, 0.1) is 0 Å². The van der Waals surface area contributed by atoms with Crippen molar-refractivity contribution in [3.63, 3.8) is 0 Å². The van der Waals surface area contributed by atoms with Gasteiger partial charge in [-0.2, -0.15) is 0 Å². The fraction of sp³-hybridized carbons (Fsp3) is 0.300. The highest BCUT2D eigenvalue weighted by Crippen LogP contribution is 2.36. The zero-order valence-electron chi connectivity index (χ0n) is 13.6. The van der Waals surface area contributed by atoms with Crippen LogP contribution in [0.25, 0.3) is 0 Å². The quantitative estimate of drug-likeness (QED) is 0.725. The average molecular weight is 295 g/mol. The molecular formula is C20H26Si. The van der Waals surface area contributed by atoms with Crippen LogP contribution >= 0.6 is 0 Å². The second-order valence-corrected chi connectivity index (χ2v) is 11.2. The predicted molar refractivity (Wildman–Crippen MR) is 97.1 cm³/mol. The van der Waals surface area contributed by atoms with Crippen molar-refractivity contribution in [2.75, 3.05) is 0 Å². The van der Waals surface area contributed by atoms with Crippen molar-refractivity contribution < 1.29 is 0 Å². The van der Waals surface area contributed by atoms with Gasteiger partial charge < -0.3 is 0 Å². The Labute approximate surface area is 130 Å². The van der Waals surface area contributed by atoms with Crippen LogP contribution in [0.1, 0.15) is 34.1 Å². The van der Waals surface area contributed by atoms with Crippen molar-refractivity contribution in [1.29, 1.82) is 0 Å². The Morgan fingerprint density at radius 3 is 1.57 bits per heavy atom. The Hall–Kier alpha value is -1.60. The van der Waals surface area contributed by atoms with Crippen molar-refractivity contribution in [2.24, 2.45) is 0 Å². The molecule has 0 nitrogen and oxygen atoms in total. The lowest BCUT2D eigenvalue weighted by molar-refractivity contribution is 0.738. The van der Waals surface area contributed by atoms with E-state index in [1.807, 2.05) is 0 Å².